The molecule has 3 rings (SSSR count). The Morgan fingerprint density at radius 1 is 1.00 bits per heavy atom. The lowest BCUT2D eigenvalue weighted by Gasteiger charge is -2.07. The van der Waals surface area contributed by atoms with Gasteiger partial charge in [-0.15, -0.1) is 11.8 Å². The molecule has 0 bridgehead atoms. The Kier molecular flexibility index (Phi) is 5.52. The van der Waals surface area contributed by atoms with E-state index in [2.05, 4.69) is 20.3 Å². The summed E-state index contributed by atoms with van der Waals surface area (Å²) in [6, 6.07) is 11.4. The van der Waals surface area contributed by atoms with Crippen molar-refractivity contribution >= 4 is 17.7 Å². The van der Waals surface area contributed by atoms with Crippen LogP contribution in [0.4, 0.5) is 0 Å². The Hall–Kier alpha value is -2.73. The zero-order valence-corrected chi connectivity index (χ0v) is 13.7. The van der Waals surface area contributed by atoms with Crippen LogP contribution < -0.4 is 5.32 Å². The highest BCUT2D eigenvalue weighted by molar-refractivity contribution is 7.98. The van der Waals surface area contributed by atoms with Crippen LogP contribution in [-0.4, -0.2) is 20.9 Å². The highest BCUT2D eigenvalue weighted by atomic mass is 32.2. The van der Waals surface area contributed by atoms with Crippen molar-refractivity contribution in [3.63, 3.8) is 0 Å². The summed E-state index contributed by atoms with van der Waals surface area (Å²) in [4.78, 5) is 24.5. The van der Waals surface area contributed by atoms with Gasteiger partial charge < -0.3 is 5.32 Å². The maximum atomic E-state index is 12.3. The number of aromatic nitrogens is 3. The van der Waals surface area contributed by atoms with Crippen LogP contribution in [0, 0.1) is 0 Å². The molecule has 1 amide bonds. The fourth-order valence-corrected chi connectivity index (χ4v) is 2.87. The molecule has 1 aromatic carbocycles. The topological polar surface area (TPSA) is 67.8 Å². The van der Waals surface area contributed by atoms with E-state index >= 15 is 0 Å². The minimum Gasteiger partial charge on any atom is -0.348 e. The van der Waals surface area contributed by atoms with Gasteiger partial charge in [-0.25, -0.2) is 4.98 Å². The molecule has 0 saturated carbocycles. The van der Waals surface area contributed by atoms with E-state index < -0.39 is 0 Å². The van der Waals surface area contributed by atoms with E-state index in [4.69, 9.17) is 0 Å². The Bertz CT molecular complexity index is 796. The minimum atomic E-state index is -0.0850. The largest absolute Gasteiger partial charge is 0.348 e. The fourth-order valence-electron chi connectivity index (χ4n) is 2.10. The van der Waals surface area contributed by atoms with Gasteiger partial charge >= 0.3 is 0 Å². The molecule has 0 aliphatic rings. The third kappa shape index (κ3) is 4.63. The van der Waals surface area contributed by atoms with Gasteiger partial charge in [0.1, 0.15) is 5.03 Å². The van der Waals surface area contributed by atoms with Gasteiger partial charge in [-0.2, -0.15) is 0 Å². The van der Waals surface area contributed by atoms with Crippen LogP contribution in [0.3, 0.4) is 0 Å². The van der Waals surface area contributed by atoms with Crippen LogP contribution >= 0.6 is 11.8 Å². The predicted molar refractivity (Wildman–Crippen MR) is 93.4 cm³/mol. The van der Waals surface area contributed by atoms with Crippen molar-refractivity contribution in [1.29, 1.82) is 0 Å². The van der Waals surface area contributed by atoms with Crippen LogP contribution in [-0.2, 0) is 12.3 Å². The Morgan fingerprint density at radius 3 is 2.67 bits per heavy atom. The van der Waals surface area contributed by atoms with Crippen LogP contribution in [0.25, 0.3) is 0 Å². The number of hydrogen-bond donors (Lipinski definition) is 1. The van der Waals surface area contributed by atoms with Gasteiger partial charge in [0.25, 0.3) is 5.91 Å². The van der Waals surface area contributed by atoms with Crippen molar-refractivity contribution in [2.24, 2.45) is 0 Å². The molecule has 2 heterocycles. The van der Waals surface area contributed by atoms with Crippen molar-refractivity contribution in [1.82, 2.24) is 20.3 Å². The number of amides is 1. The molecule has 0 radical (unpaired) electrons. The first-order valence-corrected chi connectivity index (χ1v) is 8.45. The average molecular weight is 336 g/mol. The number of pyridine rings is 1. The SMILES string of the molecule is O=C(NCc1ccncc1)c1cccc(CSc2cnccn2)c1. The van der Waals surface area contributed by atoms with E-state index in [1.54, 1.807) is 42.7 Å². The predicted octanol–water partition coefficient (Wildman–Crippen LogP) is 3.09. The molecule has 6 heteroatoms. The van der Waals surface area contributed by atoms with Crippen molar-refractivity contribution in [2.75, 3.05) is 0 Å². The van der Waals surface area contributed by atoms with Gasteiger partial charge in [0.15, 0.2) is 0 Å². The lowest BCUT2D eigenvalue weighted by atomic mass is 10.1. The number of carbonyl (C=O) groups is 1. The van der Waals surface area contributed by atoms with Crippen LogP contribution in [0.5, 0.6) is 0 Å². The minimum absolute atomic E-state index is 0.0850. The summed E-state index contributed by atoms with van der Waals surface area (Å²) < 4.78 is 0. The van der Waals surface area contributed by atoms with Crippen molar-refractivity contribution in [3.05, 3.63) is 84.1 Å². The summed E-state index contributed by atoms with van der Waals surface area (Å²) in [6.07, 6.45) is 8.48. The van der Waals surface area contributed by atoms with Gasteiger partial charge in [0, 0.05) is 42.6 Å². The third-order valence-electron chi connectivity index (χ3n) is 3.32. The molecule has 2 aromatic heterocycles. The number of nitrogens with zero attached hydrogens (tertiary/aromatic N) is 3. The van der Waals surface area contributed by atoms with Gasteiger partial charge in [-0.1, -0.05) is 12.1 Å². The molecular weight excluding hydrogens is 320 g/mol. The first kappa shape index (κ1) is 16.1. The number of carbonyl (C=O) groups excluding carboxylic acids is 1. The molecule has 5 nitrogen and oxygen atoms in total. The van der Waals surface area contributed by atoms with E-state index in [0.717, 1.165) is 21.9 Å². The number of thioether (sulfide) groups is 1. The Balaban J connectivity index is 1.59. The van der Waals surface area contributed by atoms with Gasteiger partial charge in [0.2, 0.25) is 0 Å². The van der Waals surface area contributed by atoms with Crippen molar-refractivity contribution < 1.29 is 4.79 Å². The second-order valence-electron chi connectivity index (χ2n) is 5.07. The molecule has 3 aromatic rings. The molecule has 0 unspecified atom stereocenters. The van der Waals surface area contributed by atoms with Gasteiger partial charge in [-0.05, 0) is 35.4 Å². The number of hydrogen-bond acceptors (Lipinski definition) is 5. The second-order valence-corrected chi connectivity index (χ2v) is 6.07. The standard InChI is InChI=1S/C18H16N4OS/c23-18(22-11-14-4-6-19-7-5-14)16-3-1-2-15(10-16)13-24-17-12-20-8-9-21-17/h1-10,12H,11,13H2,(H,22,23). The summed E-state index contributed by atoms with van der Waals surface area (Å²) in [5.74, 6) is 0.655. The number of rotatable bonds is 6. The molecule has 0 saturated heterocycles. The number of nitrogens with one attached hydrogen (secondary N) is 1. The first-order valence-electron chi connectivity index (χ1n) is 7.46. The normalized spacial score (nSPS) is 10.3. The first-order chi connectivity index (χ1) is 11.8. The molecule has 0 spiro atoms. The molecule has 0 aliphatic heterocycles. The monoisotopic (exact) mass is 336 g/mol. The zero-order valence-electron chi connectivity index (χ0n) is 12.9. The third-order valence-corrected chi connectivity index (χ3v) is 4.30. The lowest BCUT2D eigenvalue weighted by Crippen LogP contribution is -2.22. The highest BCUT2D eigenvalue weighted by Crippen LogP contribution is 2.20. The molecule has 1 N–H and O–H groups in total. The summed E-state index contributed by atoms with van der Waals surface area (Å²) in [6.45, 7) is 0.486. The molecule has 120 valence electrons. The van der Waals surface area contributed by atoms with Gasteiger partial charge in [0.05, 0.1) is 6.20 Å². The van der Waals surface area contributed by atoms with Crippen molar-refractivity contribution in [2.45, 2.75) is 17.3 Å². The summed E-state index contributed by atoms with van der Waals surface area (Å²) in [5.41, 5.74) is 2.75. The lowest BCUT2D eigenvalue weighted by molar-refractivity contribution is 0.0951. The van der Waals surface area contributed by atoms with E-state index in [1.165, 1.54) is 0 Å². The maximum Gasteiger partial charge on any atom is 0.251 e. The fraction of sp³-hybridized carbons (Fsp3) is 0.111. The maximum absolute atomic E-state index is 12.3. The smallest absolute Gasteiger partial charge is 0.251 e. The molecule has 0 aliphatic carbocycles. The average Bonchev–Trinajstić information content (AvgIpc) is 2.66. The van der Waals surface area contributed by atoms with Crippen LogP contribution in [0.2, 0.25) is 0 Å². The molecule has 24 heavy (non-hydrogen) atoms. The van der Waals surface area contributed by atoms with Gasteiger partial charge in [-0.3, -0.25) is 14.8 Å². The molecule has 0 fully saturated rings. The van der Waals surface area contributed by atoms with Crippen molar-refractivity contribution in [3.8, 4) is 0 Å². The van der Waals surface area contributed by atoms with E-state index in [1.807, 2.05) is 36.4 Å². The zero-order chi connectivity index (χ0) is 16.6. The molecular formula is C18H16N4OS. The molecule has 0 atom stereocenters. The summed E-state index contributed by atoms with van der Waals surface area (Å²) in [7, 11) is 0. The van der Waals surface area contributed by atoms with E-state index in [0.29, 0.717) is 12.1 Å². The van der Waals surface area contributed by atoms with E-state index in [-0.39, 0.29) is 5.91 Å². The number of benzene rings is 1. The highest BCUT2D eigenvalue weighted by Gasteiger charge is 2.06. The van der Waals surface area contributed by atoms with E-state index in [9.17, 15) is 4.79 Å². The van der Waals surface area contributed by atoms with Crippen LogP contribution in [0.1, 0.15) is 21.5 Å². The Morgan fingerprint density at radius 2 is 1.88 bits per heavy atom. The summed E-state index contributed by atoms with van der Waals surface area (Å²) in [5, 5.41) is 3.79. The Labute approximate surface area is 144 Å². The second kappa shape index (κ2) is 8.21. The van der Waals surface area contributed by atoms with Crippen LogP contribution in [0.15, 0.2) is 72.4 Å². The quantitative estimate of drug-likeness (QED) is 0.701. The summed E-state index contributed by atoms with van der Waals surface area (Å²) >= 11 is 1.59.